The van der Waals surface area contributed by atoms with Crippen molar-refractivity contribution in [1.29, 1.82) is 0 Å². The number of nitrogens with two attached hydrogens (primary N) is 1. The van der Waals surface area contributed by atoms with E-state index in [9.17, 15) is 4.21 Å². The highest BCUT2D eigenvalue weighted by atomic mass is 32.2. The van der Waals surface area contributed by atoms with Crippen LogP contribution in [0.25, 0.3) is 22.6 Å². The Morgan fingerprint density at radius 2 is 2.00 bits per heavy atom. The monoisotopic (exact) mass is 401 g/mol. The van der Waals surface area contributed by atoms with Gasteiger partial charge in [0, 0.05) is 30.6 Å². The molecule has 4 heterocycles. The van der Waals surface area contributed by atoms with Gasteiger partial charge in [-0.25, -0.2) is 28.5 Å². The van der Waals surface area contributed by atoms with E-state index >= 15 is 0 Å². The number of aromatic amines is 1. The van der Waals surface area contributed by atoms with E-state index in [0.717, 1.165) is 24.4 Å². The molecule has 4 rings (SSSR count). The summed E-state index contributed by atoms with van der Waals surface area (Å²) in [5, 5.41) is 0. The number of aromatic nitrogens is 5. The number of pyridine rings is 1. The largest absolute Gasteiger partial charge is 0.383 e. The summed E-state index contributed by atoms with van der Waals surface area (Å²) < 4.78 is 13.8. The molecule has 3 aromatic heterocycles. The molecular formula is C19H27N7OS. The first-order chi connectivity index (χ1) is 13.5. The molecule has 1 saturated heterocycles. The van der Waals surface area contributed by atoms with E-state index in [1.54, 1.807) is 18.7 Å². The van der Waals surface area contributed by atoms with Crippen molar-refractivity contribution in [3.63, 3.8) is 0 Å². The smallest absolute Gasteiger partial charge is 0.197 e. The molecule has 1 aliphatic heterocycles. The average Bonchev–Trinajstić information content (AvgIpc) is 3.17. The van der Waals surface area contributed by atoms with Gasteiger partial charge >= 0.3 is 0 Å². The van der Waals surface area contributed by atoms with Gasteiger partial charge in [-0.3, -0.25) is 0 Å². The summed E-state index contributed by atoms with van der Waals surface area (Å²) in [4.78, 5) is 19.4. The van der Waals surface area contributed by atoms with Crippen molar-refractivity contribution in [2.75, 3.05) is 24.6 Å². The second-order valence-corrected chi connectivity index (χ2v) is 8.63. The number of piperidine rings is 1. The van der Waals surface area contributed by atoms with Crippen molar-refractivity contribution in [2.24, 2.45) is 5.92 Å². The van der Waals surface area contributed by atoms with Crippen LogP contribution in [0.2, 0.25) is 0 Å². The van der Waals surface area contributed by atoms with Crippen molar-refractivity contribution >= 4 is 28.1 Å². The lowest BCUT2D eigenvalue weighted by atomic mass is 10.2. The van der Waals surface area contributed by atoms with Gasteiger partial charge in [-0.1, -0.05) is 20.3 Å². The van der Waals surface area contributed by atoms with Gasteiger partial charge in [0.2, 0.25) is 0 Å². The van der Waals surface area contributed by atoms with Crippen molar-refractivity contribution in [3.8, 4) is 11.3 Å². The third kappa shape index (κ3) is 5.32. The van der Waals surface area contributed by atoms with E-state index in [0.29, 0.717) is 28.7 Å². The minimum atomic E-state index is -0.703. The van der Waals surface area contributed by atoms with Gasteiger partial charge in [0.05, 0.1) is 29.2 Å². The first-order valence-electron chi connectivity index (χ1n) is 9.55. The van der Waals surface area contributed by atoms with Crippen LogP contribution in [0, 0.1) is 5.92 Å². The van der Waals surface area contributed by atoms with Crippen LogP contribution in [0.4, 0.5) is 5.82 Å². The van der Waals surface area contributed by atoms with E-state index in [4.69, 9.17) is 5.73 Å². The van der Waals surface area contributed by atoms with Crippen LogP contribution < -0.4 is 5.73 Å². The number of fused-ring (bicyclic) bond motifs is 1. The summed E-state index contributed by atoms with van der Waals surface area (Å²) in [7, 11) is -0.703. The maximum absolute atomic E-state index is 11.6. The molecule has 0 aliphatic carbocycles. The molecule has 0 saturated carbocycles. The fraction of sp³-hybridized carbons (Fsp3) is 0.474. The fourth-order valence-electron chi connectivity index (χ4n) is 2.95. The number of nitrogens with zero attached hydrogens (tertiary/aromatic N) is 5. The molecule has 1 aliphatic rings. The fourth-order valence-corrected chi connectivity index (χ4v) is 4.40. The Balaban J connectivity index is 0.000000169. The molecule has 0 aromatic carbocycles. The molecule has 3 N–H and O–H groups in total. The van der Waals surface area contributed by atoms with Crippen LogP contribution in [-0.4, -0.2) is 52.3 Å². The summed E-state index contributed by atoms with van der Waals surface area (Å²) in [6.07, 6.45) is 8.60. The highest BCUT2D eigenvalue weighted by Gasteiger charge is 2.16. The van der Waals surface area contributed by atoms with E-state index in [-0.39, 0.29) is 0 Å². The molecule has 28 heavy (non-hydrogen) atoms. The third-order valence-corrected chi connectivity index (χ3v) is 6.23. The maximum atomic E-state index is 11.6. The molecule has 8 nitrogen and oxygen atoms in total. The zero-order chi connectivity index (χ0) is 19.9. The van der Waals surface area contributed by atoms with Crippen molar-refractivity contribution < 1.29 is 4.21 Å². The van der Waals surface area contributed by atoms with E-state index in [1.165, 1.54) is 19.3 Å². The number of nitrogen functional groups attached to an aromatic ring is 1. The second kappa shape index (κ2) is 9.70. The summed E-state index contributed by atoms with van der Waals surface area (Å²) in [6.45, 7) is 6.34. The molecule has 1 unspecified atom stereocenters. The first kappa shape index (κ1) is 20.3. The Hall–Kier alpha value is -2.39. The zero-order valence-electron chi connectivity index (χ0n) is 16.3. The van der Waals surface area contributed by atoms with E-state index < -0.39 is 11.0 Å². The Bertz CT molecular complexity index is 921. The molecular weight excluding hydrogens is 374 g/mol. The van der Waals surface area contributed by atoms with Crippen LogP contribution >= 0.6 is 0 Å². The number of nitrogens with one attached hydrogen (secondary N) is 1. The third-order valence-electron chi connectivity index (χ3n) is 4.33. The number of H-pyrrole nitrogens is 1. The van der Waals surface area contributed by atoms with Gasteiger partial charge in [0.15, 0.2) is 11.3 Å². The van der Waals surface area contributed by atoms with Gasteiger partial charge in [-0.15, -0.1) is 0 Å². The predicted octanol–water partition coefficient (Wildman–Crippen LogP) is 2.79. The van der Waals surface area contributed by atoms with Crippen LogP contribution in [0.1, 0.15) is 33.1 Å². The normalized spacial score (nSPS) is 16.0. The summed E-state index contributed by atoms with van der Waals surface area (Å²) >= 11 is 0. The number of anilines is 1. The highest BCUT2D eigenvalue weighted by molar-refractivity contribution is 7.82. The van der Waals surface area contributed by atoms with E-state index in [1.807, 2.05) is 12.1 Å². The Kier molecular flexibility index (Phi) is 7.05. The molecule has 0 radical (unpaired) electrons. The van der Waals surface area contributed by atoms with Crippen molar-refractivity contribution in [3.05, 3.63) is 30.9 Å². The standard InChI is InChI=1S/C10H8N6.C9H19NOS/c11-8-6(2-1-3-12-8)7-4-13-9-10(16-7)15-5-14-9;1-9(2)8-12(11)10-6-4-3-5-7-10/h1-5H,(H2,11,12)(H,13,14,15,16);9H,3-8H2,1-2H3. The quantitative estimate of drug-likeness (QED) is 0.695. The van der Waals surface area contributed by atoms with Gasteiger partial charge in [0.25, 0.3) is 0 Å². The summed E-state index contributed by atoms with van der Waals surface area (Å²) in [5.41, 5.74) is 8.45. The van der Waals surface area contributed by atoms with Crippen LogP contribution in [0.15, 0.2) is 30.9 Å². The topological polar surface area (TPSA) is 114 Å². The molecule has 3 aromatic rings. The van der Waals surface area contributed by atoms with Gasteiger partial charge in [-0.05, 0) is 30.9 Å². The van der Waals surface area contributed by atoms with Crippen molar-refractivity contribution in [1.82, 2.24) is 29.2 Å². The predicted molar refractivity (Wildman–Crippen MR) is 113 cm³/mol. The van der Waals surface area contributed by atoms with Gasteiger partial charge < -0.3 is 10.7 Å². The summed E-state index contributed by atoms with van der Waals surface area (Å²) in [6, 6.07) is 3.67. The number of rotatable bonds is 4. The molecule has 1 atom stereocenters. The molecule has 0 bridgehead atoms. The zero-order valence-corrected chi connectivity index (χ0v) is 17.2. The number of hydrogen-bond donors (Lipinski definition) is 2. The van der Waals surface area contributed by atoms with Gasteiger partial charge in [-0.2, -0.15) is 0 Å². The lowest BCUT2D eigenvalue weighted by molar-refractivity contribution is 0.364. The average molecular weight is 402 g/mol. The van der Waals surface area contributed by atoms with Crippen LogP contribution in [0.3, 0.4) is 0 Å². The lowest BCUT2D eigenvalue weighted by Gasteiger charge is -2.25. The Morgan fingerprint density at radius 3 is 2.71 bits per heavy atom. The second-order valence-electron chi connectivity index (χ2n) is 7.14. The van der Waals surface area contributed by atoms with E-state index in [2.05, 4.69) is 43.1 Å². The van der Waals surface area contributed by atoms with Gasteiger partial charge in [0.1, 0.15) is 5.82 Å². The number of hydrogen-bond acceptors (Lipinski definition) is 6. The molecule has 0 spiro atoms. The maximum Gasteiger partial charge on any atom is 0.197 e. The lowest BCUT2D eigenvalue weighted by Crippen LogP contribution is -2.33. The first-order valence-corrected chi connectivity index (χ1v) is 10.8. The summed E-state index contributed by atoms with van der Waals surface area (Å²) in [5.74, 6) is 1.82. The van der Waals surface area contributed by atoms with Crippen LogP contribution in [-0.2, 0) is 11.0 Å². The molecule has 9 heteroatoms. The molecule has 150 valence electrons. The molecule has 0 amide bonds. The Morgan fingerprint density at radius 1 is 1.21 bits per heavy atom. The van der Waals surface area contributed by atoms with Crippen LogP contribution in [0.5, 0.6) is 0 Å². The minimum absolute atomic E-state index is 0.440. The number of imidazole rings is 1. The van der Waals surface area contributed by atoms with Crippen molar-refractivity contribution in [2.45, 2.75) is 33.1 Å². The molecule has 1 fully saturated rings. The minimum Gasteiger partial charge on any atom is -0.383 e. The highest BCUT2D eigenvalue weighted by Crippen LogP contribution is 2.21. The SMILES string of the molecule is CC(C)CS(=O)N1CCCCC1.Nc1ncccc1-c1cnc2nc[nH]c2n1. The Labute approximate surface area is 167 Å².